The van der Waals surface area contributed by atoms with Crippen molar-refractivity contribution >= 4 is 5.71 Å². The molecule has 1 aliphatic carbocycles. The number of nitrogens with zero attached hydrogens (tertiary/aromatic N) is 1. The van der Waals surface area contributed by atoms with Crippen LogP contribution in [-0.2, 0) is 4.84 Å². The zero-order chi connectivity index (χ0) is 12.9. The van der Waals surface area contributed by atoms with Gasteiger partial charge in [0.2, 0.25) is 0 Å². The van der Waals surface area contributed by atoms with E-state index in [0.717, 1.165) is 5.71 Å². The third kappa shape index (κ3) is 4.03. The van der Waals surface area contributed by atoms with Crippen LogP contribution in [0.15, 0.2) is 29.0 Å². The maximum Gasteiger partial charge on any atom is 0.114 e. The molecule has 0 bridgehead atoms. The fourth-order valence-electron chi connectivity index (χ4n) is 2.42. The molecule has 0 saturated carbocycles. The lowest BCUT2D eigenvalue weighted by Gasteiger charge is -2.36. The molecule has 0 heterocycles. The summed E-state index contributed by atoms with van der Waals surface area (Å²) >= 11 is 0. The Morgan fingerprint density at radius 3 is 2.88 bits per heavy atom. The van der Waals surface area contributed by atoms with Gasteiger partial charge in [-0.25, -0.2) is 0 Å². The van der Waals surface area contributed by atoms with Gasteiger partial charge >= 0.3 is 0 Å². The third-order valence-corrected chi connectivity index (χ3v) is 3.45. The van der Waals surface area contributed by atoms with Crippen LogP contribution in [0.25, 0.3) is 0 Å². The topological polar surface area (TPSA) is 21.6 Å². The summed E-state index contributed by atoms with van der Waals surface area (Å²) in [7, 11) is 0. The van der Waals surface area contributed by atoms with E-state index < -0.39 is 0 Å². The molecule has 0 fully saturated rings. The molecule has 2 heteroatoms. The predicted molar refractivity (Wildman–Crippen MR) is 74.1 cm³/mol. The van der Waals surface area contributed by atoms with Crippen LogP contribution in [0.5, 0.6) is 0 Å². The van der Waals surface area contributed by atoms with E-state index >= 15 is 0 Å². The second kappa shape index (κ2) is 6.04. The van der Waals surface area contributed by atoms with Gasteiger partial charge in [0.05, 0.1) is 5.71 Å². The first kappa shape index (κ1) is 14.0. The van der Waals surface area contributed by atoms with Gasteiger partial charge < -0.3 is 4.84 Å². The normalized spacial score (nSPS) is 24.9. The Kier molecular flexibility index (Phi) is 4.98. The SMILES string of the molecule is CCO/N=C(C)\C=C\C1C(C)=CCCC1(C)C. The fraction of sp³-hybridized carbons (Fsp3) is 0.667. The summed E-state index contributed by atoms with van der Waals surface area (Å²) in [6.07, 6.45) is 9.15. The Morgan fingerprint density at radius 2 is 2.29 bits per heavy atom. The Hall–Kier alpha value is -1.05. The maximum absolute atomic E-state index is 5.04. The minimum atomic E-state index is 0.348. The molecule has 0 N–H and O–H groups in total. The molecule has 1 unspecified atom stereocenters. The Bertz CT molecular complexity index is 337. The van der Waals surface area contributed by atoms with E-state index in [1.165, 1.54) is 18.4 Å². The van der Waals surface area contributed by atoms with Gasteiger partial charge in [-0.1, -0.05) is 36.7 Å². The van der Waals surface area contributed by atoms with Gasteiger partial charge in [0, 0.05) is 5.92 Å². The van der Waals surface area contributed by atoms with Gasteiger partial charge in [0.15, 0.2) is 0 Å². The fourth-order valence-corrected chi connectivity index (χ4v) is 2.42. The van der Waals surface area contributed by atoms with Gasteiger partial charge in [-0.15, -0.1) is 0 Å². The van der Waals surface area contributed by atoms with Crippen molar-refractivity contribution in [3.05, 3.63) is 23.8 Å². The molecular formula is C15H25NO. The van der Waals surface area contributed by atoms with Crippen LogP contribution in [0.2, 0.25) is 0 Å². The quantitative estimate of drug-likeness (QED) is 0.403. The lowest BCUT2D eigenvalue weighted by molar-refractivity contribution is 0.159. The molecule has 0 aliphatic heterocycles. The monoisotopic (exact) mass is 235 g/mol. The van der Waals surface area contributed by atoms with Crippen LogP contribution in [0.4, 0.5) is 0 Å². The summed E-state index contributed by atoms with van der Waals surface area (Å²) in [6, 6.07) is 0. The summed E-state index contributed by atoms with van der Waals surface area (Å²) in [5.74, 6) is 0.517. The van der Waals surface area contributed by atoms with E-state index in [1.54, 1.807) is 0 Å². The second-order valence-electron chi connectivity index (χ2n) is 5.46. The van der Waals surface area contributed by atoms with Crippen molar-refractivity contribution in [2.24, 2.45) is 16.5 Å². The van der Waals surface area contributed by atoms with E-state index in [2.05, 4.69) is 44.2 Å². The minimum absolute atomic E-state index is 0.348. The minimum Gasteiger partial charge on any atom is -0.396 e. The zero-order valence-corrected chi connectivity index (χ0v) is 11.8. The highest BCUT2D eigenvalue weighted by Gasteiger charge is 2.30. The van der Waals surface area contributed by atoms with Crippen molar-refractivity contribution in [1.29, 1.82) is 0 Å². The van der Waals surface area contributed by atoms with E-state index in [1.807, 2.05) is 13.8 Å². The average Bonchev–Trinajstić information content (AvgIpc) is 2.24. The first-order valence-corrected chi connectivity index (χ1v) is 6.49. The largest absolute Gasteiger partial charge is 0.396 e. The van der Waals surface area contributed by atoms with Crippen LogP contribution in [0, 0.1) is 11.3 Å². The highest BCUT2D eigenvalue weighted by molar-refractivity contribution is 5.92. The Balaban J connectivity index is 2.74. The lowest BCUT2D eigenvalue weighted by atomic mass is 9.68. The molecule has 1 atom stereocenters. The number of hydrogen-bond acceptors (Lipinski definition) is 2. The summed E-state index contributed by atoms with van der Waals surface area (Å²) in [4.78, 5) is 5.04. The van der Waals surface area contributed by atoms with Crippen LogP contribution >= 0.6 is 0 Å². The third-order valence-electron chi connectivity index (χ3n) is 3.45. The van der Waals surface area contributed by atoms with Crippen LogP contribution in [0.3, 0.4) is 0 Å². The smallest absolute Gasteiger partial charge is 0.114 e. The maximum atomic E-state index is 5.04. The van der Waals surface area contributed by atoms with E-state index in [0.29, 0.717) is 17.9 Å². The van der Waals surface area contributed by atoms with Gasteiger partial charge in [0.25, 0.3) is 0 Å². The molecule has 0 aromatic heterocycles. The van der Waals surface area contributed by atoms with Gasteiger partial charge in [0.1, 0.15) is 6.61 Å². The molecule has 96 valence electrons. The van der Waals surface area contributed by atoms with Crippen LogP contribution in [0.1, 0.15) is 47.5 Å². The second-order valence-corrected chi connectivity index (χ2v) is 5.46. The predicted octanol–water partition coefficient (Wildman–Crippen LogP) is 4.34. The van der Waals surface area contributed by atoms with Crippen molar-refractivity contribution in [2.45, 2.75) is 47.5 Å². The first-order chi connectivity index (χ1) is 7.97. The first-order valence-electron chi connectivity index (χ1n) is 6.49. The molecule has 0 aromatic carbocycles. The molecule has 0 radical (unpaired) electrons. The Morgan fingerprint density at radius 1 is 1.59 bits per heavy atom. The molecule has 0 amide bonds. The molecule has 0 aromatic rings. The summed E-state index contributed by atoms with van der Waals surface area (Å²) in [5, 5.41) is 4.01. The molecule has 0 spiro atoms. The lowest BCUT2D eigenvalue weighted by Crippen LogP contribution is -2.26. The highest BCUT2D eigenvalue weighted by Crippen LogP contribution is 2.41. The average molecular weight is 235 g/mol. The van der Waals surface area contributed by atoms with Gasteiger partial charge in [-0.3, -0.25) is 0 Å². The summed E-state index contributed by atoms with van der Waals surface area (Å²) in [5.41, 5.74) is 2.75. The zero-order valence-electron chi connectivity index (χ0n) is 11.8. The molecule has 2 nitrogen and oxygen atoms in total. The molecule has 0 saturated heterocycles. The van der Waals surface area contributed by atoms with Crippen LogP contribution in [-0.4, -0.2) is 12.3 Å². The van der Waals surface area contributed by atoms with Crippen molar-refractivity contribution in [2.75, 3.05) is 6.61 Å². The van der Waals surface area contributed by atoms with Gasteiger partial charge in [-0.05, 0) is 45.1 Å². The van der Waals surface area contributed by atoms with Crippen molar-refractivity contribution in [3.63, 3.8) is 0 Å². The summed E-state index contributed by atoms with van der Waals surface area (Å²) < 4.78 is 0. The van der Waals surface area contributed by atoms with Crippen molar-refractivity contribution in [1.82, 2.24) is 0 Å². The van der Waals surface area contributed by atoms with Crippen LogP contribution < -0.4 is 0 Å². The number of rotatable bonds is 4. The van der Waals surface area contributed by atoms with E-state index in [9.17, 15) is 0 Å². The highest BCUT2D eigenvalue weighted by atomic mass is 16.6. The van der Waals surface area contributed by atoms with Gasteiger partial charge in [-0.2, -0.15) is 0 Å². The van der Waals surface area contributed by atoms with Crippen molar-refractivity contribution < 1.29 is 4.84 Å². The number of oxime groups is 1. The number of hydrogen-bond donors (Lipinski definition) is 0. The Labute approximate surface area is 105 Å². The molecule has 17 heavy (non-hydrogen) atoms. The van der Waals surface area contributed by atoms with E-state index in [-0.39, 0.29) is 0 Å². The summed E-state index contributed by atoms with van der Waals surface area (Å²) in [6.45, 7) is 11.4. The molecular weight excluding hydrogens is 210 g/mol. The standard InChI is InChI=1S/C15H25NO/c1-6-17-16-13(3)9-10-14-12(2)8-7-11-15(14,4)5/h8-10,14H,6-7,11H2,1-5H3/b10-9+,16-13-. The van der Waals surface area contributed by atoms with E-state index in [4.69, 9.17) is 4.84 Å². The molecule has 1 aliphatic rings. The van der Waals surface area contributed by atoms with Crippen molar-refractivity contribution in [3.8, 4) is 0 Å². The molecule has 1 rings (SSSR count). The number of allylic oxidation sites excluding steroid dienone is 4.